The number of urea groups is 1. The summed E-state index contributed by atoms with van der Waals surface area (Å²) in [6.07, 6.45) is 0. The Kier molecular flexibility index (Phi) is 4.31. The van der Waals surface area contributed by atoms with Gasteiger partial charge in [0.15, 0.2) is 11.5 Å². The van der Waals surface area contributed by atoms with Crippen LogP contribution in [0.25, 0.3) is 0 Å². The van der Waals surface area contributed by atoms with E-state index in [0.717, 1.165) is 16.3 Å². The molecule has 0 saturated heterocycles. The fraction of sp³-hybridized carbons (Fsp3) is 0.438. The van der Waals surface area contributed by atoms with Crippen LogP contribution in [0.15, 0.2) is 18.2 Å². The van der Waals surface area contributed by atoms with Gasteiger partial charge in [0.2, 0.25) is 11.9 Å². The van der Waals surface area contributed by atoms with Gasteiger partial charge in [0, 0.05) is 5.41 Å². The topological polar surface area (TPSA) is 85.4 Å². The summed E-state index contributed by atoms with van der Waals surface area (Å²) in [5, 5.41) is 15.1. The van der Waals surface area contributed by atoms with Crippen LogP contribution in [0.3, 0.4) is 0 Å². The zero-order valence-electron chi connectivity index (χ0n) is 14.0. The molecule has 0 bridgehead atoms. The lowest BCUT2D eigenvalue weighted by Crippen LogP contribution is -2.31. The Balaban J connectivity index is 1.61. The smallest absolute Gasteiger partial charge is 0.321 e. The number of hydrogen-bond acceptors (Lipinski definition) is 6. The molecule has 1 aliphatic rings. The lowest BCUT2D eigenvalue weighted by atomic mass is 9.98. The molecule has 1 aromatic carbocycles. The summed E-state index contributed by atoms with van der Waals surface area (Å²) in [5.41, 5.74) is 0.843. The van der Waals surface area contributed by atoms with E-state index in [1.807, 2.05) is 25.1 Å². The molecule has 128 valence electrons. The lowest BCUT2D eigenvalue weighted by Gasteiger charge is -2.15. The summed E-state index contributed by atoms with van der Waals surface area (Å²) >= 11 is 1.38. The number of hydrogen-bond donors (Lipinski definition) is 2. The third kappa shape index (κ3) is 3.59. The van der Waals surface area contributed by atoms with E-state index in [1.54, 1.807) is 0 Å². The van der Waals surface area contributed by atoms with E-state index in [2.05, 4.69) is 41.6 Å². The van der Waals surface area contributed by atoms with E-state index in [0.29, 0.717) is 10.9 Å². The predicted octanol–water partition coefficient (Wildman–Crippen LogP) is 3.45. The first kappa shape index (κ1) is 16.5. The van der Waals surface area contributed by atoms with Crippen LogP contribution in [0.4, 0.5) is 9.93 Å². The van der Waals surface area contributed by atoms with Gasteiger partial charge in [-0.15, -0.1) is 10.2 Å². The van der Waals surface area contributed by atoms with Crippen LogP contribution in [0.1, 0.15) is 44.3 Å². The number of fused-ring (bicyclic) bond motifs is 1. The van der Waals surface area contributed by atoms with Crippen molar-refractivity contribution in [1.82, 2.24) is 15.5 Å². The molecule has 1 aromatic heterocycles. The Bertz CT molecular complexity index is 754. The number of ether oxygens (including phenoxy) is 2. The minimum atomic E-state index is -0.322. The zero-order valence-corrected chi connectivity index (χ0v) is 14.9. The molecule has 2 heterocycles. The van der Waals surface area contributed by atoms with E-state index in [4.69, 9.17) is 9.47 Å². The standard InChI is InChI=1S/C16H20N4O3S/c1-9(10-5-6-11-12(7-10)23-8-22-11)17-14(21)18-15-20-19-13(24-15)16(2,3)4/h5-7,9H,8H2,1-4H3,(H2,17,18,20,21)/t9-/m0/s1. The second-order valence-electron chi connectivity index (χ2n) is 6.60. The van der Waals surface area contributed by atoms with Crippen molar-refractivity contribution < 1.29 is 14.3 Å². The first-order valence-electron chi connectivity index (χ1n) is 7.64. The summed E-state index contributed by atoms with van der Waals surface area (Å²) in [7, 11) is 0. The third-order valence-electron chi connectivity index (χ3n) is 3.53. The number of carbonyl (C=O) groups excluding carboxylic acids is 1. The average Bonchev–Trinajstić information content (AvgIpc) is 3.14. The van der Waals surface area contributed by atoms with Crippen molar-refractivity contribution in [3.63, 3.8) is 0 Å². The number of carbonyl (C=O) groups is 1. The average molecular weight is 348 g/mol. The number of benzene rings is 1. The van der Waals surface area contributed by atoms with Gasteiger partial charge in [-0.25, -0.2) is 4.79 Å². The summed E-state index contributed by atoms with van der Waals surface area (Å²) in [4.78, 5) is 12.1. The first-order chi connectivity index (χ1) is 11.3. The maximum absolute atomic E-state index is 12.1. The van der Waals surface area contributed by atoms with E-state index in [1.165, 1.54) is 11.3 Å². The highest BCUT2D eigenvalue weighted by atomic mass is 32.1. The van der Waals surface area contributed by atoms with Gasteiger partial charge >= 0.3 is 6.03 Å². The highest BCUT2D eigenvalue weighted by molar-refractivity contribution is 7.15. The van der Waals surface area contributed by atoms with Gasteiger partial charge in [0.05, 0.1) is 6.04 Å². The molecule has 24 heavy (non-hydrogen) atoms. The molecule has 1 atom stereocenters. The molecule has 0 saturated carbocycles. The summed E-state index contributed by atoms with van der Waals surface area (Å²) < 4.78 is 10.6. The van der Waals surface area contributed by atoms with Crippen molar-refractivity contribution in [3.05, 3.63) is 28.8 Å². The molecule has 8 heteroatoms. The number of rotatable bonds is 3. The van der Waals surface area contributed by atoms with Gasteiger partial charge in [-0.3, -0.25) is 5.32 Å². The van der Waals surface area contributed by atoms with Crippen LogP contribution in [0.5, 0.6) is 11.5 Å². The lowest BCUT2D eigenvalue weighted by molar-refractivity contribution is 0.174. The van der Waals surface area contributed by atoms with Gasteiger partial charge in [0.1, 0.15) is 5.01 Å². The molecule has 0 aliphatic carbocycles. The molecule has 1 aliphatic heterocycles. The number of amides is 2. The number of nitrogens with zero attached hydrogens (tertiary/aromatic N) is 2. The van der Waals surface area contributed by atoms with Gasteiger partial charge in [0.25, 0.3) is 0 Å². The number of anilines is 1. The molecule has 0 radical (unpaired) electrons. The molecular formula is C16H20N4O3S. The molecule has 0 spiro atoms. The Morgan fingerprint density at radius 1 is 1.25 bits per heavy atom. The molecule has 7 nitrogen and oxygen atoms in total. The SMILES string of the molecule is C[C@H](NC(=O)Nc1nnc(C(C)(C)C)s1)c1ccc2c(c1)OCO2. The maximum atomic E-state index is 12.1. The molecule has 2 N–H and O–H groups in total. The van der Waals surface area contributed by atoms with Gasteiger partial charge in [-0.05, 0) is 24.6 Å². The fourth-order valence-electron chi connectivity index (χ4n) is 2.17. The van der Waals surface area contributed by atoms with Crippen LogP contribution < -0.4 is 20.1 Å². The normalized spacial score (nSPS) is 14.3. The van der Waals surface area contributed by atoms with Gasteiger partial charge in [-0.1, -0.05) is 38.2 Å². The van der Waals surface area contributed by atoms with Crippen molar-refractivity contribution in [2.45, 2.75) is 39.2 Å². The highest BCUT2D eigenvalue weighted by Gasteiger charge is 2.21. The second kappa shape index (κ2) is 6.27. The van der Waals surface area contributed by atoms with Crippen molar-refractivity contribution >= 4 is 22.5 Å². The van der Waals surface area contributed by atoms with Crippen LogP contribution in [0, 0.1) is 0 Å². The van der Waals surface area contributed by atoms with E-state index < -0.39 is 0 Å². The second-order valence-corrected chi connectivity index (χ2v) is 7.57. The molecular weight excluding hydrogens is 328 g/mol. The molecule has 0 unspecified atom stereocenters. The fourth-order valence-corrected chi connectivity index (χ4v) is 2.97. The zero-order chi connectivity index (χ0) is 17.3. The molecule has 0 fully saturated rings. The van der Waals surface area contributed by atoms with E-state index >= 15 is 0 Å². The Morgan fingerprint density at radius 3 is 2.71 bits per heavy atom. The minimum absolute atomic E-state index is 0.0894. The van der Waals surface area contributed by atoms with Crippen molar-refractivity contribution in [2.24, 2.45) is 0 Å². The van der Waals surface area contributed by atoms with Crippen molar-refractivity contribution in [2.75, 3.05) is 12.1 Å². The Labute approximate surface area is 144 Å². The summed E-state index contributed by atoms with van der Waals surface area (Å²) in [6.45, 7) is 8.29. The van der Waals surface area contributed by atoms with Crippen LogP contribution >= 0.6 is 11.3 Å². The first-order valence-corrected chi connectivity index (χ1v) is 8.45. The molecule has 2 aromatic rings. The summed E-state index contributed by atoms with van der Waals surface area (Å²) in [5.74, 6) is 1.42. The predicted molar refractivity (Wildman–Crippen MR) is 91.7 cm³/mol. The quantitative estimate of drug-likeness (QED) is 0.887. The van der Waals surface area contributed by atoms with Crippen molar-refractivity contribution in [3.8, 4) is 11.5 Å². The maximum Gasteiger partial charge on any atom is 0.321 e. The highest BCUT2D eigenvalue weighted by Crippen LogP contribution is 2.34. The van der Waals surface area contributed by atoms with Crippen LogP contribution in [-0.2, 0) is 5.41 Å². The monoisotopic (exact) mass is 348 g/mol. The third-order valence-corrected chi connectivity index (χ3v) is 4.80. The van der Waals surface area contributed by atoms with E-state index in [-0.39, 0.29) is 24.3 Å². The van der Waals surface area contributed by atoms with Crippen LogP contribution in [-0.4, -0.2) is 23.0 Å². The Morgan fingerprint density at radius 2 is 2.00 bits per heavy atom. The number of nitrogens with one attached hydrogen (secondary N) is 2. The van der Waals surface area contributed by atoms with Crippen molar-refractivity contribution in [1.29, 1.82) is 0 Å². The van der Waals surface area contributed by atoms with Crippen LogP contribution in [0.2, 0.25) is 0 Å². The molecule has 2 amide bonds. The van der Waals surface area contributed by atoms with Gasteiger partial charge in [-0.2, -0.15) is 0 Å². The minimum Gasteiger partial charge on any atom is -0.454 e. The molecule has 3 rings (SSSR count). The number of aromatic nitrogens is 2. The Hall–Kier alpha value is -2.35. The summed E-state index contributed by atoms with van der Waals surface area (Å²) in [6, 6.07) is 5.11. The largest absolute Gasteiger partial charge is 0.454 e. The van der Waals surface area contributed by atoms with Gasteiger partial charge < -0.3 is 14.8 Å². The van der Waals surface area contributed by atoms with E-state index in [9.17, 15) is 4.79 Å².